The second-order valence-corrected chi connectivity index (χ2v) is 6.79. The Morgan fingerprint density at radius 1 is 1.10 bits per heavy atom. The molecule has 2 aromatic carbocycles. The zero-order valence-electron chi connectivity index (χ0n) is 16.7. The van der Waals surface area contributed by atoms with E-state index < -0.39 is 4.92 Å². The minimum absolute atomic E-state index is 0.0164. The van der Waals surface area contributed by atoms with Gasteiger partial charge in [0.05, 0.1) is 17.7 Å². The smallest absolute Gasteiger partial charge is 0.373 e. The van der Waals surface area contributed by atoms with Gasteiger partial charge in [-0.3, -0.25) is 10.1 Å². The third-order valence-electron chi connectivity index (χ3n) is 4.34. The van der Waals surface area contributed by atoms with Crippen molar-refractivity contribution in [3.8, 4) is 17.4 Å². The molecule has 29 heavy (non-hydrogen) atoms. The van der Waals surface area contributed by atoms with E-state index in [0.717, 1.165) is 11.1 Å². The quantitative estimate of drug-likeness (QED) is 0.425. The maximum atomic E-state index is 11.8. The summed E-state index contributed by atoms with van der Waals surface area (Å²) < 4.78 is 11.0. The largest absolute Gasteiger partial charge is 0.495 e. The van der Waals surface area contributed by atoms with Crippen molar-refractivity contribution < 1.29 is 14.4 Å². The van der Waals surface area contributed by atoms with E-state index in [9.17, 15) is 10.1 Å². The summed E-state index contributed by atoms with van der Waals surface area (Å²) in [4.78, 5) is 19.2. The molecular weight excluding hydrogens is 372 g/mol. The van der Waals surface area contributed by atoms with Crippen LogP contribution < -0.4 is 14.8 Å². The molecule has 0 radical (unpaired) electrons. The fourth-order valence-electron chi connectivity index (χ4n) is 2.77. The van der Waals surface area contributed by atoms with Crippen LogP contribution in [0.15, 0.2) is 48.8 Å². The maximum absolute atomic E-state index is 11.8. The van der Waals surface area contributed by atoms with Crippen LogP contribution in [0.25, 0.3) is 0 Å². The molecule has 3 rings (SSSR count). The van der Waals surface area contributed by atoms with Crippen molar-refractivity contribution in [2.24, 2.45) is 0 Å². The molecule has 1 N–H and O–H groups in total. The molecule has 0 unspecified atom stereocenters. The average Bonchev–Trinajstić information content (AvgIpc) is 2.68. The summed E-state index contributed by atoms with van der Waals surface area (Å²) in [6.45, 7) is 6.08. The molecule has 0 spiro atoms. The van der Waals surface area contributed by atoms with Gasteiger partial charge in [-0.05, 0) is 48.2 Å². The van der Waals surface area contributed by atoms with Gasteiger partial charge in [0.25, 0.3) is 0 Å². The van der Waals surface area contributed by atoms with Crippen LogP contribution in [-0.2, 0) is 0 Å². The maximum Gasteiger partial charge on any atom is 0.373 e. The minimum atomic E-state index is -0.567. The molecule has 0 saturated heterocycles. The predicted octanol–water partition coefficient (Wildman–Crippen LogP) is 5.36. The SMILES string of the molecule is COc1ccc(C)cc1Nc1ncnc(Oc2ccc(C(C)C)cc2)c1[N+](=O)[O-]. The fraction of sp³-hybridized carbons (Fsp3) is 0.238. The summed E-state index contributed by atoms with van der Waals surface area (Å²) in [6.07, 6.45) is 1.22. The summed E-state index contributed by atoms with van der Waals surface area (Å²) in [6, 6.07) is 12.8. The van der Waals surface area contributed by atoms with Gasteiger partial charge in [-0.25, -0.2) is 4.98 Å². The molecule has 3 aromatic rings. The summed E-state index contributed by atoms with van der Waals surface area (Å²) in [7, 11) is 1.53. The Hall–Kier alpha value is -3.68. The number of rotatable bonds is 7. The monoisotopic (exact) mass is 394 g/mol. The number of nitrogens with one attached hydrogen (secondary N) is 1. The third-order valence-corrected chi connectivity index (χ3v) is 4.34. The molecule has 1 aromatic heterocycles. The van der Waals surface area contributed by atoms with Crippen molar-refractivity contribution in [1.29, 1.82) is 0 Å². The van der Waals surface area contributed by atoms with Crippen LogP contribution >= 0.6 is 0 Å². The highest BCUT2D eigenvalue weighted by atomic mass is 16.6. The third kappa shape index (κ3) is 4.60. The standard InChI is InChI=1S/C21H22N4O4/c1-13(2)15-6-8-16(9-7-15)29-21-19(25(26)27)20(22-12-23-21)24-17-11-14(3)5-10-18(17)28-4/h5-13H,1-4H3,(H,22,23,24). The lowest BCUT2D eigenvalue weighted by Crippen LogP contribution is -2.04. The second kappa shape index (κ2) is 8.55. The van der Waals surface area contributed by atoms with E-state index in [4.69, 9.17) is 9.47 Å². The lowest BCUT2D eigenvalue weighted by Gasteiger charge is -2.13. The van der Waals surface area contributed by atoms with Crippen molar-refractivity contribution in [3.05, 3.63) is 70.0 Å². The van der Waals surface area contributed by atoms with Gasteiger partial charge in [0.2, 0.25) is 5.82 Å². The highest BCUT2D eigenvalue weighted by Gasteiger charge is 2.26. The van der Waals surface area contributed by atoms with Crippen molar-refractivity contribution in [1.82, 2.24) is 9.97 Å². The van der Waals surface area contributed by atoms with Crippen LogP contribution in [0.1, 0.15) is 30.9 Å². The van der Waals surface area contributed by atoms with Gasteiger partial charge < -0.3 is 14.8 Å². The molecule has 0 fully saturated rings. The number of anilines is 2. The van der Waals surface area contributed by atoms with E-state index in [1.165, 1.54) is 13.4 Å². The molecule has 0 aliphatic carbocycles. The van der Waals surface area contributed by atoms with E-state index in [2.05, 4.69) is 29.1 Å². The first-order valence-corrected chi connectivity index (χ1v) is 9.08. The molecule has 0 amide bonds. The zero-order chi connectivity index (χ0) is 21.0. The number of nitrogens with zero attached hydrogens (tertiary/aromatic N) is 3. The minimum Gasteiger partial charge on any atom is -0.495 e. The van der Waals surface area contributed by atoms with Crippen molar-refractivity contribution in [2.45, 2.75) is 26.7 Å². The summed E-state index contributed by atoms with van der Waals surface area (Å²) in [5.74, 6) is 1.24. The van der Waals surface area contributed by atoms with Crippen LogP contribution in [0.4, 0.5) is 17.2 Å². The number of hydrogen-bond donors (Lipinski definition) is 1. The van der Waals surface area contributed by atoms with Crippen LogP contribution in [0.3, 0.4) is 0 Å². The molecule has 0 aliphatic rings. The van der Waals surface area contributed by atoms with E-state index in [1.54, 1.807) is 18.2 Å². The number of benzene rings is 2. The molecule has 0 saturated carbocycles. The number of nitro groups is 1. The number of hydrogen-bond acceptors (Lipinski definition) is 7. The van der Waals surface area contributed by atoms with Gasteiger partial charge in [-0.1, -0.05) is 32.0 Å². The number of aromatic nitrogens is 2. The summed E-state index contributed by atoms with van der Waals surface area (Å²) >= 11 is 0. The second-order valence-electron chi connectivity index (χ2n) is 6.79. The number of aryl methyl sites for hydroxylation is 1. The Morgan fingerprint density at radius 2 is 1.83 bits per heavy atom. The Bertz CT molecular complexity index is 1020. The Labute approximate surface area is 168 Å². The van der Waals surface area contributed by atoms with E-state index >= 15 is 0 Å². The van der Waals surface area contributed by atoms with Gasteiger partial charge in [0.1, 0.15) is 17.8 Å². The van der Waals surface area contributed by atoms with Crippen LogP contribution in [0.2, 0.25) is 0 Å². The topological polar surface area (TPSA) is 99.4 Å². The molecule has 150 valence electrons. The molecule has 0 bridgehead atoms. The summed E-state index contributed by atoms with van der Waals surface area (Å²) in [5.41, 5.74) is 2.31. The molecule has 8 heteroatoms. The van der Waals surface area contributed by atoms with Crippen LogP contribution in [0, 0.1) is 17.0 Å². The van der Waals surface area contributed by atoms with Gasteiger partial charge in [-0.2, -0.15) is 4.98 Å². The lowest BCUT2D eigenvalue weighted by atomic mass is 10.0. The first-order valence-electron chi connectivity index (χ1n) is 9.08. The van der Waals surface area contributed by atoms with Crippen molar-refractivity contribution in [3.63, 3.8) is 0 Å². The predicted molar refractivity (Wildman–Crippen MR) is 110 cm³/mol. The van der Waals surface area contributed by atoms with Gasteiger partial charge >= 0.3 is 11.6 Å². The summed E-state index contributed by atoms with van der Waals surface area (Å²) in [5, 5.41) is 14.7. The van der Waals surface area contributed by atoms with E-state index in [0.29, 0.717) is 23.1 Å². The fourth-order valence-corrected chi connectivity index (χ4v) is 2.77. The lowest BCUT2D eigenvalue weighted by molar-refractivity contribution is -0.385. The van der Waals surface area contributed by atoms with Crippen LogP contribution in [-0.4, -0.2) is 22.0 Å². The normalized spacial score (nSPS) is 10.7. The first kappa shape index (κ1) is 20.1. The van der Waals surface area contributed by atoms with Crippen LogP contribution in [0.5, 0.6) is 17.4 Å². The first-order chi connectivity index (χ1) is 13.9. The zero-order valence-corrected chi connectivity index (χ0v) is 16.7. The Balaban J connectivity index is 1.96. The number of methoxy groups -OCH3 is 1. The molecule has 0 atom stereocenters. The highest BCUT2D eigenvalue weighted by molar-refractivity contribution is 5.72. The number of ether oxygens (including phenoxy) is 2. The van der Waals surface area contributed by atoms with E-state index in [1.807, 2.05) is 31.2 Å². The van der Waals surface area contributed by atoms with Gasteiger partial charge in [0.15, 0.2) is 0 Å². The molecule has 8 nitrogen and oxygen atoms in total. The van der Waals surface area contributed by atoms with Gasteiger partial charge in [0, 0.05) is 0 Å². The molecule has 0 aliphatic heterocycles. The highest BCUT2D eigenvalue weighted by Crippen LogP contribution is 2.37. The van der Waals surface area contributed by atoms with Gasteiger partial charge in [-0.15, -0.1) is 0 Å². The van der Waals surface area contributed by atoms with Crippen molar-refractivity contribution >= 4 is 17.2 Å². The average molecular weight is 394 g/mol. The molecular formula is C21H22N4O4. The van der Waals surface area contributed by atoms with Crippen molar-refractivity contribution in [2.75, 3.05) is 12.4 Å². The Kier molecular flexibility index (Phi) is 5.92. The van der Waals surface area contributed by atoms with E-state index in [-0.39, 0.29) is 17.4 Å². The Morgan fingerprint density at radius 3 is 2.45 bits per heavy atom. The molecule has 1 heterocycles.